The summed E-state index contributed by atoms with van der Waals surface area (Å²) in [4.78, 5) is 0. The van der Waals surface area contributed by atoms with Gasteiger partial charge in [-0.2, -0.15) is 0 Å². The highest BCUT2D eigenvalue weighted by Crippen LogP contribution is 2.63. The second kappa shape index (κ2) is 9.75. The summed E-state index contributed by atoms with van der Waals surface area (Å²) in [5.74, 6) is 0.145. The molecule has 0 N–H and O–H groups in total. The third-order valence-electron chi connectivity index (χ3n) is 14.3. The van der Waals surface area contributed by atoms with E-state index in [1.54, 1.807) is 0 Å². The number of rotatable bonds is 2. The molecule has 4 aliphatic carbocycles. The first kappa shape index (κ1) is 30.6. The first-order valence-corrected chi connectivity index (χ1v) is 18.5. The zero-order valence-corrected chi connectivity index (χ0v) is 30.9. The second-order valence-electron chi connectivity index (χ2n) is 17.4. The Hall–Kier alpha value is -5.24. The number of aromatic nitrogens is 1. The molecule has 0 bridgehead atoms. The quantitative estimate of drug-likeness (QED) is 0.163. The molecule has 1 radical (unpaired) electrons. The maximum Gasteiger partial charge on any atom is 0.0544 e. The van der Waals surface area contributed by atoms with E-state index in [1.165, 1.54) is 83.1 Å². The van der Waals surface area contributed by atoms with Gasteiger partial charge in [-0.05, 0) is 132 Å². The zero-order valence-electron chi connectivity index (χ0n) is 30.9. The number of hydrogen-bond acceptors (Lipinski definition) is 0. The minimum absolute atomic E-state index is 0.0245. The summed E-state index contributed by atoms with van der Waals surface area (Å²) in [5, 5.41) is 2.66. The van der Waals surface area contributed by atoms with E-state index in [9.17, 15) is 0 Å². The van der Waals surface area contributed by atoms with Gasteiger partial charge >= 0.3 is 0 Å². The minimum atomic E-state index is -0.181. The molecule has 0 saturated heterocycles. The Morgan fingerprint density at radius 3 is 1.92 bits per heavy atom. The lowest BCUT2D eigenvalue weighted by atomic mass is 9.59. The Labute approximate surface area is 301 Å². The second-order valence-corrected chi connectivity index (χ2v) is 17.4. The van der Waals surface area contributed by atoms with Crippen LogP contribution in [0.1, 0.15) is 94.7 Å². The predicted molar refractivity (Wildman–Crippen MR) is 211 cm³/mol. The van der Waals surface area contributed by atoms with Gasteiger partial charge in [0.25, 0.3) is 0 Å². The number of allylic oxidation sites excluding steroid dienone is 2. The molecule has 1 atom stereocenters. The number of benzene rings is 5. The number of nitrogens with zero attached hydrogens (tertiary/aromatic N) is 1. The van der Waals surface area contributed by atoms with Gasteiger partial charge in [0.1, 0.15) is 0 Å². The van der Waals surface area contributed by atoms with E-state index in [1.807, 2.05) is 0 Å². The summed E-state index contributed by atoms with van der Waals surface area (Å²) in [7, 11) is 0. The van der Waals surface area contributed by atoms with Crippen LogP contribution < -0.4 is 0 Å². The molecule has 1 unspecified atom stereocenters. The minimum Gasteiger partial charge on any atom is -0.309 e. The van der Waals surface area contributed by atoms with Crippen LogP contribution in [0.15, 0.2) is 119 Å². The summed E-state index contributed by atoms with van der Waals surface area (Å²) in [5.41, 5.74) is 30.8. The van der Waals surface area contributed by atoms with Crippen LogP contribution in [0, 0.1) is 11.5 Å². The highest BCUT2D eigenvalue weighted by molar-refractivity contribution is 6.12. The summed E-state index contributed by atoms with van der Waals surface area (Å²) in [6.07, 6.45) is 4.25. The normalized spacial score (nSPS) is 20.2. The summed E-state index contributed by atoms with van der Waals surface area (Å²) in [6.45, 7) is 19.5. The van der Waals surface area contributed by atoms with Gasteiger partial charge in [0, 0.05) is 33.4 Å². The van der Waals surface area contributed by atoms with Gasteiger partial charge in [-0.15, -0.1) is 0 Å². The lowest BCUT2D eigenvalue weighted by molar-refractivity contribution is 0.125. The molecule has 10 rings (SSSR count). The summed E-state index contributed by atoms with van der Waals surface area (Å²) in [6, 6.07) is 35.0. The van der Waals surface area contributed by atoms with Gasteiger partial charge in [0.15, 0.2) is 0 Å². The van der Waals surface area contributed by atoms with Crippen LogP contribution >= 0.6 is 0 Å². The van der Waals surface area contributed by atoms with E-state index in [4.69, 9.17) is 0 Å². The molecule has 1 aromatic heterocycles. The van der Waals surface area contributed by atoms with Crippen molar-refractivity contribution in [2.45, 2.75) is 84.0 Å². The molecule has 0 fully saturated rings. The standard InChI is InChI=1S/C50H42N/c1-47(2)41-26-36-34(30-17-11-9-12-18-30)23-31-19-15-16-22-33(31)35(36)24-37(41)38-25-39-40-27-43-44(49(5,6)50(7,8)48(43,3)4)29-46(40)51(45(39)28-42(38)47)32-20-13-10-14-21-32/h10,13-16,19-22,24-29,34H,23H2,1-8H3. The molecule has 0 amide bonds. The van der Waals surface area contributed by atoms with Crippen molar-refractivity contribution < 1.29 is 0 Å². The number of para-hydroxylation sites is 1. The van der Waals surface area contributed by atoms with Crippen molar-refractivity contribution >= 4 is 21.8 Å². The molecule has 5 aromatic carbocycles. The third-order valence-corrected chi connectivity index (χ3v) is 14.3. The van der Waals surface area contributed by atoms with E-state index in [0.717, 1.165) is 12.0 Å². The van der Waals surface area contributed by atoms with Gasteiger partial charge in [-0.1, -0.05) is 115 Å². The van der Waals surface area contributed by atoms with Crippen molar-refractivity contribution in [3.63, 3.8) is 0 Å². The van der Waals surface area contributed by atoms with E-state index >= 15 is 0 Å². The van der Waals surface area contributed by atoms with Gasteiger partial charge in [0.05, 0.1) is 17.1 Å². The Kier molecular flexibility index (Phi) is 5.84. The summed E-state index contributed by atoms with van der Waals surface area (Å²) >= 11 is 0. The predicted octanol–water partition coefficient (Wildman–Crippen LogP) is 12.4. The third kappa shape index (κ3) is 3.75. The largest absolute Gasteiger partial charge is 0.309 e. The lowest BCUT2D eigenvalue weighted by Crippen LogP contribution is -2.42. The van der Waals surface area contributed by atoms with Gasteiger partial charge < -0.3 is 4.57 Å². The van der Waals surface area contributed by atoms with Crippen LogP contribution in [0.3, 0.4) is 0 Å². The molecule has 247 valence electrons. The van der Waals surface area contributed by atoms with Crippen molar-refractivity contribution in [3.05, 3.63) is 159 Å². The molecule has 1 nitrogen and oxygen atoms in total. The van der Waals surface area contributed by atoms with Crippen LogP contribution in [0.4, 0.5) is 0 Å². The van der Waals surface area contributed by atoms with Gasteiger partial charge in [-0.3, -0.25) is 0 Å². The fourth-order valence-corrected chi connectivity index (χ4v) is 10.2. The van der Waals surface area contributed by atoms with Crippen molar-refractivity contribution in [2.75, 3.05) is 0 Å². The van der Waals surface area contributed by atoms with Crippen molar-refractivity contribution in [1.82, 2.24) is 4.57 Å². The molecule has 0 saturated carbocycles. The molecular formula is C50H42N. The Balaban J connectivity index is 1.28. The van der Waals surface area contributed by atoms with Crippen LogP contribution in [-0.2, 0) is 22.7 Å². The SMILES string of the molecule is CC1(C)c2cc3c(cc2-c2cc4c5cc6c(cc5n(-c5ccccc5)c4cc21)C(C)(C)C(C)(C)C6(C)C)-c1ccccc1CC3C1=C=C=C=C=[C]1. The average Bonchev–Trinajstić information content (AvgIpc) is 3.59. The Morgan fingerprint density at radius 2 is 1.20 bits per heavy atom. The Morgan fingerprint density at radius 1 is 0.569 bits per heavy atom. The molecule has 0 aliphatic heterocycles. The lowest BCUT2D eigenvalue weighted by Gasteiger charge is -2.44. The number of fused-ring (bicyclic) bond motifs is 10. The van der Waals surface area contributed by atoms with Crippen molar-refractivity contribution in [1.29, 1.82) is 0 Å². The van der Waals surface area contributed by atoms with Crippen LogP contribution in [-0.4, -0.2) is 4.57 Å². The smallest absolute Gasteiger partial charge is 0.0544 e. The van der Waals surface area contributed by atoms with Gasteiger partial charge in [-0.25, -0.2) is 0 Å². The monoisotopic (exact) mass is 656 g/mol. The van der Waals surface area contributed by atoms with Crippen LogP contribution in [0.25, 0.3) is 49.7 Å². The highest BCUT2D eigenvalue weighted by Gasteiger charge is 2.57. The molecule has 4 aliphatic rings. The molecule has 1 heteroatoms. The first-order chi connectivity index (χ1) is 24.3. The first-order valence-electron chi connectivity index (χ1n) is 18.5. The maximum absolute atomic E-state index is 3.34. The van der Waals surface area contributed by atoms with E-state index in [-0.39, 0.29) is 27.6 Å². The fraction of sp³-hybridized carbons (Fsp3) is 0.280. The molecular weight excluding hydrogens is 615 g/mol. The Bertz CT molecular complexity index is 2750. The molecule has 1 heterocycles. The topological polar surface area (TPSA) is 4.93 Å². The van der Waals surface area contributed by atoms with Crippen molar-refractivity contribution in [2.24, 2.45) is 5.41 Å². The molecule has 51 heavy (non-hydrogen) atoms. The van der Waals surface area contributed by atoms with E-state index < -0.39 is 0 Å². The summed E-state index contributed by atoms with van der Waals surface area (Å²) < 4.78 is 2.53. The molecule has 0 spiro atoms. The average molecular weight is 657 g/mol. The van der Waals surface area contributed by atoms with E-state index in [0.29, 0.717) is 0 Å². The van der Waals surface area contributed by atoms with Crippen LogP contribution in [0.5, 0.6) is 0 Å². The maximum atomic E-state index is 3.34. The van der Waals surface area contributed by atoms with Crippen LogP contribution in [0.2, 0.25) is 0 Å². The fourth-order valence-electron chi connectivity index (χ4n) is 10.2. The zero-order chi connectivity index (χ0) is 35.2. The highest BCUT2D eigenvalue weighted by atomic mass is 15.0. The van der Waals surface area contributed by atoms with E-state index in [2.05, 4.69) is 180 Å². The van der Waals surface area contributed by atoms with Gasteiger partial charge in [0.2, 0.25) is 0 Å². The van der Waals surface area contributed by atoms with Crippen molar-refractivity contribution in [3.8, 4) is 27.9 Å². The molecule has 6 aromatic rings. The number of hydrogen-bond donors (Lipinski definition) is 0.